The zero-order chi connectivity index (χ0) is 13.9. The van der Waals surface area contributed by atoms with Crippen LogP contribution in [-0.2, 0) is 5.41 Å². The first kappa shape index (κ1) is 13.9. The molecule has 2 heterocycles. The normalized spacial score (nSPS) is 11.3. The maximum absolute atomic E-state index is 5.56. The van der Waals surface area contributed by atoms with Gasteiger partial charge in [-0.05, 0) is 17.5 Å². The minimum atomic E-state index is 0.0246. The van der Waals surface area contributed by atoms with Gasteiger partial charge in [0.25, 0.3) is 0 Å². The van der Waals surface area contributed by atoms with E-state index in [0.717, 1.165) is 6.54 Å². The van der Waals surface area contributed by atoms with Crippen molar-refractivity contribution < 1.29 is 0 Å². The molecule has 4 nitrogen and oxygen atoms in total. The fourth-order valence-electron chi connectivity index (χ4n) is 1.63. The highest BCUT2D eigenvalue weighted by Crippen LogP contribution is 2.27. The van der Waals surface area contributed by atoms with Crippen LogP contribution in [0.15, 0.2) is 29.8 Å². The minimum absolute atomic E-state index is 0.0246. The molecule has 0 saturated carbocycles. The first-order chi connectivity index (χ1) is 8.99. The first-order valence-electron chi connectivity index (χ1n) is 5.90. The molecule has 0 aliphatic carbocycles. The van der Waals surface area contributed by atoms with Gasteiger partial charge in [-0.25, -0.2) is 9.97 Å². The van der Waals surface area contributed by atoms with E-state index in [1.165, 1.54) is 4.88 Å². The predicted molar refractivity (Wildman–Crippen MR) is 83.8 cm³/mol. The van der Waals surface area contributed by atoms with Gasteiger partial charge in [0.2, 0.25) is 5.95 Å². The molecule has 19 heavy (non-hydrogen) atoms. The topological polar surface area (TPSA) is 63.8 Å². The number of hydrogen-bond donors (Lipinski definition) is 2. The molecule has 0 atom stereocenters. The van der Waals surface area contributed by atoms with Crippen LogP contribution < -0.4 is 11.1 Å². The van der Waals surface area contributed by atoms with Crippen molar-refractivity contribution in [2.45, 2.75) is 19.3 Å². The van der Waals surface area contributed by atoms with Crippen molar-refractivity contribution in [1.82, 2.24) is 9.97 Å². The molecule has 0 radical (unpaired) electrons. The monoisotopic (exact) mass is 292 g/mol. The van der Waals surface area contributed by atoms with Crippen LogP contribution in [0, 0.1) is 0 Å². The SMILES string of the molecule is CC(C)(CNc1nccc(C(N)=S)n1)c1cccs1. The Kier molecular flexibility index (Phi) is 4.11. The van der Waals surface area contributed by atoms with Crippen molar-refractivity contribution in [3.05, 3.63) is 40.3 Å². The maximum atomic E-state index is 5.56. The van der Waals surface area contributed by atoms with Crippen LogP contribution in [0.1, 0.15) is 24.4 Å². The van der Waals surface area contributed by atoms with Gasteiger partial charge in [-0.3, -0.25) is 0 Å². The van der Waals surface area contributed by atoms with Crippen molar-refractivity contribution in [2.75, 3.05) is 11.9 Å². The average Bonchev–Trinajstić information content (AvgIpc) is 2.91. The molecule has 0 spiro atoms. The third-order valence-corrected chi connectivity index (χ3v) is 4.23. The Morgan fingerprint density at radius 2 is 2.26 bits per heavy atom. The second kappa shape index (κ2) is 5.63. The molecule has 3 N–H and O–H groups in total. The van der Waals surface area contributed by atoms with Crippen LogP contribution in [0.3, 0.4) is 0 Å². The van der Waals surface area contributed by atoms with E-state index < -0.39 is 0 Å². The number of hydrogen-bond acceptors (Lipinski definition) is 5. The Labute approximate surface area is 122 Å². The maximum Gasteiger partial charge on any atom is 0.223 e. The van der Waals surface area contributed by atoms with Crippen molar-refractivity contribution >= 4 is 34.5 Å². The second-order valence-electron chi connectivity index (χ2n) is 4.84. The van der Waals surface area contributed by atoms with Gasteiger partial charge >= 0.3 is 0 Å². The van der Waals surface area contributed by atoms with E-state index >= 15 is 0 Å². The van der Waals surface area contributed by atoms with Gasteiger partial charge in [0.05, 0.1) is 0 Å². The van der Waals surface area contributed by atoms with Crippen LogP contribution in [0.2, 0.25) is 0 Å². The lowest BCUT2D eigenvalue weighted by Gasteiger charge is -2.23. The summed E-state index contributed by atoms with van der Waals surface area (Å²) in [5.41, 5.74) is 6.17. The number of nitrogens with one attached hydrogen (secondary N) is 1. The van der Waals surface area contributed by atoms with E-state index in [-0.39, 0.29) is 10.4 Å². The minimum Gasteiger partial charge on any atom is -0.388 e. The average molecular weight is 292 g/mol. The molecule has 0 fully saturated rings. The fraction of sp³-hybridized carbons (Fsp3) is 0.308. The summed E-state index contributed by atoms with van der Waals surface area (Å²) in [6, 6.07) is 5.91. The lowest BCUT2D eigenvalue weighted by Crippen LogP contribution is -2.27. The van der Waals surface area contributed by atoms with Gasteiger partial charge in [0.1, 0.15) is 10.7 Å². The lowest BCUT2D eigenvalue weighted by molar-refractivity contribution is 0.567. The van der Waals surface area contributed by atoms with E-state index in [0.29, 0.717) is 11.6 Å². The third kappa shape index (κ3) is 3.48. The van der Waals surface area contributed by atoms with Crippen LogP contribution >= 0.6 is 23.6 Å². The number of thiophene rings is 1. The summed E-state index contributed by atoms with van der Waals surface area (Å²) in [4.78, 5) is 10.0. The zero-order valence-corrected chi connectivity index (χ0v) is 12.5. The molecule has 0 bridgehead atoms. The van der Waals surface area contributed by atoms with Crippen LogP contribution in [0.5, 0.6) is 0 Å². The van der Waals surface area contributed by atoms with Gasteiger partial charge < -0.3 is 11.1 Å². The summed E-state index contributed by atoms with van der Waals surface area (Å²) in [6.45, 7) is 5.11. The largest absolute Gasteiger partial charge is 0.388 e. The molecule has 0 amide bonds. The van der Waals surface area contributed by atoms with Crippen LogP contribution in [-0.4, -0.2) is 21.5 Å². The van der Waals surface area contributed by atoms with E-state index in [1.807, 2.05) is 0 Å². The lowest BCUT2D eigenvalue weighted by atomic mass is 9.91. The quantitative estimate of drug-likeness (QED) is 0.829. The van der Waals surface area contributed by atoms with Gasteiger partial charge in [-0.1, -0.05) is 32.1 Å². The number of anilines is 1. The summed E-state index contributed by atoms with van der Waals surface area (Å²) >= 11 is 6.66. The molecule has 2 aromatic heterocycles. The fourth-order valence-corrected chi connectivity index (χ4v) is 2.60. The Balaban J connectivity index is 2.06. The van der Waals surface area contributed by atoms with E-state index in [9.17, 15) is 0 Å². The summed E-state index contributed by atoms with van der Waals surface area (Å²) in [7, 11) is 0. The molecular formula is C13H16N4S2. The molecule has 2 aromatic rings. The molecule has 0 saturated heterocycles. The third-order valence-electron chi connectivity index (χ3n) is 2.78. The Morgan fingerprint density at radius 3 is 2.89 bits per heavy atom. The standard InChI is InChI=1S/C13H16N4S2/c1-13(2,10-4-3-7-19-10)8-16-12-15-6-5-9(17-12)11(14)18/h3-7H,8H2,1-2H3,(H2,14,18)(H,15,16,17). The second-order valence-corrected chi connectivity index (χ2v) is 6.23. The highest BCUT2D eigenvalue weighted by atomic mass is 32.1. The van der Waals surface area contributed by atoms with Crippen molar-refractivity contribution in [1.29, 1.82) is 0 Å². The molecule has 2 rings (SSSR count). The number of nitrogens with two attached hydrogens (primary N) is 1. The number of nitrogens with zero attached hydrogens (tertiary/aromatic N) is 2. The zero-order valence-electron chi connectivity index (χ0n) is 10.9. The van der Waals surface area contributed by atoms with Crippen molar-refractivity contribution in [3.8, 4) is 0 Å². The summed E-state index contributed by atoms with van der Waals surface area (Å²) in [5, 5.41) is 5.32. The van der Waals surface area contributed by atoms with Crippen LogP contribution in [0.25, 0.3) is 0 Å². The molecule has 0 aliphatic rings. The first-order valence-corrected chi connectivity index (χ1v) is 7.18. The summed E-state index contributed by atoms with van der Waals surface area (Å²) < 4.78 is 0. The molecular weight excluding hydrogens is 276 g/mol. The van der Waals surface area contributed by atoms with Crippen molar-refractivity contribution in [2.24, 2.45) is 5.73 Å². The van der Waals surface area contributed by atoms with Gasteiger partial charge in [-0.15, -0.1) is 11.3 Å². The van der Waals surface area contributed by atoms with E-state index in [1.54, 1.807) is 23.6 Å². The molecule has 6 heteroatoms. The van der Waals surface area contributed by atoms with Gasteiger partial charge in [-0.2, -0.15) is 0 Å². The molecule has 0 unspecified atom stereocenters. The van der Waals surface area contributed by atoms with Gasteiger partial charge in [0, 0.05) is 23.0 Å². The summed E-state index contributed by atoms with van der Waals surface area (Å²) in [5.74, 6) is 0.551. The highest BCUT2D eigenvalue weighted by molar-refractivity contribution is 7.80. The molecule has 0 aromatic carbocycles. The Hall–Kier alpha value is -1.53. The predicted octanol–water partition coefficient (Wildman–Crippen LogP) is 2.56. The number of aromatic nitrogens is 2. The van der Waals surface area contributed by atoms with E-state index in [2.05, 4.69) is 46.6 Å². The Morgan fingerprint density at radius 1 is 1.47 bits per heavy atom. The van der Waals surface area contributed by atoms with Crippen LogP contribution in [0.4, 0.5) is 5.95 Å². The van der Waals surface area contributed by atoms with Gasteiger partial charge in [0.15, 0.2) is 0 Å². The molecule has 0 aliphatic heterocycles. The smallest absolute Gasteiger partial charge is 0.223 e. The van der Waals surface area contributed by atoms with Crippen molar-refractivity contribution in [3.63, 3.8) is 0 Å². The van der Waals surface area contributed by atoms with E-state index in [4.69, 9.17) is 18.0 Å². The number of thiocarbonyl (C=S) groups is 1. The highest BCUT2D eigenvalue weighted by Gasteiger charge is 2.21. The Bertz CT molecular complexity index is 564. The summed E-state index contributed by atoms with van der Waals surface area (Å²) in [6.07, 6.45) is 1.65. The number of rotatable bonds is 5. The molecule has 100 valence electrons.